The van der Waals surface area contributed by atoms with Crippen molar-refractivity contribution < 1.29 is 9.47 Å². The summed E-state index contributed by atoms with van der Waals surface area (Å²) in [7, 11) is 0. The number of nitriles is 1. The zero-order valence-electron chi connectivity index (χ0n) is 9.64. The van der Waals surface area contributed by atoms with Gasteiger partial charge in [-0.15, -0.1) is 0 Å². The molecule has 0 bridgehead atoms. The lowest BCUT2D eigenvalue weighted by Gasteiger charge is -2.07. The number of pyridine rings is 1. The molecule has 0 unspecified atom stereocenters. The molecule has 0 aromatic carbocycles. The Morgan fingerprint density at radius 1 is 1.38 bits per heavy atom. The molecule has 0 aliphatic heterocycles. The van der Waals surface area contributed by atoms with Gasteiger partial charge in [0.05, 0.1) is 12.2 Å². The van der Waals surface area contributed by atoms with Crippen LogP contribution in [0.5, 0.6) is 5.88 Å². The number of hydrogen-bond acceptors (Lipinski definition) is 4. The third kappa shape index (κ3) is 4.76. The molecule has 0 spiro atoms. The Hall–Kier alpha value is -1.60. The van der Waals surface area contributed by atoms with Crippen molar-refractivity contribution in [2.24, 2.45) is 5.92 Å². The first-order valence-electron chi connectivity index (χ1n) is 5.29. The van der Waals surface area contributed by atoms with Crippen LogP contribution in [0.3, 0.4) is 0 Å². The lowest BCUT2D eigenvalue weighted by atomic mass is 10.2. The Morgan fingerprint density at radius 3 is 2.75 bits per heavy atom. The number of ether oxygens (including phenoxy) is 2. The fourth-order valence-corrected chi connectivity index (χ4v) is 1.06. The fraction of sp³-hybridized carbons (Fsp3) is 0.500. The van der Waals surface area contributed by atoms with Gasteiger partial charge in [0.25, 0.3) is 0 Å². The van der Waals surface area contributed by atoms with Crippen LogP contribution in [-0.2, 0) is 4.74 Å². The molecule has 16 heavy (non-hydrogen) atoms. The van der Waals surface area contributed by atoms with E-state index in [1.54, 1.807) is 12.1 Å². The molecule has 1 aromatic heterocycles. The fourth-order valence-electron chi connectivity index (χ4n) is 1.06. The van der Waals surface area contributed by atoms with Crippen LogP contribution in [0.2, 0.25) is 0 Å². The van der Waals surface area contributed by atoms with Gasteiger partial charge in [0.15, 0.2) is 0 Å². The van der Waals surface area contributed by atoms with Gasteiger partial charge < -0.3 is 9.47 Å². The molecule has 0 atom stereocenters. The first-order chi connectivity index (χ1) is 7.72. The minimum absolute atomic E-state index is 0.478. The van der Waals surface area contributed by atoms with Crippen molar-refractivity contribution in [3.05, 3.63) is 23.9 Å². The van der Waals surface area contributed by atoms with Gasteiger partial charge in [-0.05, 0) is 12.0 Å². The van der Waals surface area contributed by atoms with E-state index in [0.29, 0.717) is 30.6 Å². The van der Waals surface area contributed by atoms with Crippen LogP contribution in [0.25, 0.3) is 0 Å². The summed E-state index contributed by atoms with van der Waals surface area (Å²) in [5.74, 6) is 1.06. The summed E-state index contributed by atoms with van der Waals surface area (Å²) in [5.41, 5.74) is 0.531. The Labute approximate surface area is 95.8 Å². The quantitative estimate of drug-likeness (QED) is 0.688. The molecule has 0 saturated heterocycles. The van der Waals surface area contributed by atoms with E-state index < -0.39 is 0 Å². The smallest absolute Gasteiger partial charge is 0.213 e. The van der Waals surface area contributed by atoms with Crippen LogP contribution < -0.4 is 4.74 Å². The topological polar surface area (TPSA) is 55.1 Å². The molecule has 0 N–H and O–H groups in total. The monoisotopic (exact) mass is 220 g/mol. The van der Waals surface area contributed by atoms with Gasteiger partial charge in [-0.25, -0.2) is 4.98 Å². The van der Waals surface area contributed by atoms with E-state index in [0.717, 1.165) is 6.61 Å². The van der Waals surface area contributed by atoms with E-state index in [1.807, 2.05) is 6.07 Å². The summed E-state index contributed by atoms with van der Waals surface area (Å²) in [6, 6.07) is 5.36. The highest BCUT2D eigenvalue weighted by Crippen LogP contribution is 2.06. The zero-order chi connectivity index (χ0) is 11.8. The van der Waals surface area contributed by atoms with Crippen molar-refractivity contribution in [2.75, 3.05) is 19.8 Å². The largest absolute Gasteiger partial charge is 0.475 e. The van der Waals surface area contributed by atoms with E-state index in [-0.39, 0.29) is 0 Å². The molecule has 0 fully saturated rings. The third-order valence-corrected chi connectivity index (χ3v) is 1.79. The van der Waals surface area contributed by atoms with E-state index in [9.17, 15) is 0 Å². The molecule has 0 saturated carbocycles. The van der Waals surface area contributed by atoms with Gasteiger partial charge in [0.2, 0.25) is 5.88 Å². The summed E-state index contributed by atoms with van der Waals surface area (Å²) in [6.45, 7) is 5.97. The predicted octanol–water partition coefficient (Wildman–Crippen LogP) is 2.00. The van der Waals surface area contributed by atoms with Crippen LogP contribution in [0.4, 0.5) is 0 Å². The van der Waals surface area contributed by atoms with Crippen molar-refractivity contribution in [3.8, 4) is 11.9 Å². The molecular weight excluding hydrogens is 204 g/mol. The maximum absolute atomic E-state index is 8.58. The second-order valence-electron chi connectivity index (χ2n) is 3.81. The summed E-state index contributed by atoms with van der Waals surface area (Å²) in [6.07, 6.45) is 1.49. The van der Waals surface area contributed by atoms with Gasteiger partial charge in [-0.2, -0.15) is 5.26 Å². The van der Waals surface area contributed by atoms with Crippen LogP contribution in [-0.4, -0.2) is 24.8 Å². The highest BCUT2D eigenvalue weighted by molar-refractivity contribution is 5.28. The van der Waals surface area contributed by atoms with Crippen molar-refractivity contribution in [1.29, 1.82) is 5.26 Å². The van der Waals surface area contributed by atoms with Crippen LogP contribution in [0, 0.1) is 17.2 Å². The first kappa shape index (κ1) is 12.5. The van der Waals surface area contributed by atoms with Crippen LogP contribution >= 0.6 is 0 Å². The SMILES string of the molecule is CC(C)COCCOc1ccc(C#N)cn1. The van der Waals surface area contributed by atoms with Gasteiger partial charge in [0.1, 0.15) is 12.7 Å². The Morgan fingerprint density at radius 2 is 2.19 bits per heavy atom. The minimum Gasteiger partial charge on any atom is -0.475 e. The van der Waals surface area contributed by atoms with Gasteiger partial charge >= 0.3 is 0 Å². The third-order valence-electron chi connectivity index (χ3n) is 1.79. The van der Waals surface area contributed by atoms with E-state index in [4.69, 9.17) is 14.7 Å². The summed E-state index contributed by atoms with van der Waals surface area (Å²) >= 11 is 0. The number of rotatable bonds is 6. The molecule has 1 heterocycles. The second kappa shape index (κ2) is 6.81. The van der Waals surface area contributed by atoms with Crippen molar-refractivity contribution >= 4 is 0 Å². The van der Waals surface area contributed by atoms with Crippen molar-refractivity contribution in [2.45, 2.75) is 13.8 Å². The molecule has 86 valence electrons. The van der Waals surface area contributed by atoms with E-state index in [1.165, 1.54) is 6.20 Å². The highest BCUT2D eigenvalue weighted by Gasteiger charge is 1.97. The standard InChI is InChI=1S/C12H16N2O2/c1-10(2)9-15-5-6-16-12-4-3-11(7-13)8-14-12/h3-4,8,10H,5-6,9H2,1-2H3. The average molecular weight is 220 g/mol. The lowest BCUT2D eigenvalue weighted by molar-refractivity contribution is 0.0806. The molecule has 1 rings (SSSR count). The molecule has 0 radical (unpaired) electrons. The maximum atomic E-state index is 8.58. The molecule has 0 aliphatic rings. The second-order valence-corrected chi connectivity index (χ2v) is 3.81. The molecule has 0 aliphatic carbocycles. The van der Waals surface area contributed by atoms with Crippen molar-refractivity contribution in [3.63, 3.8) is 0 Å². The van der Waals surface area contributed by atoms with Gasteiger partial charge in [-0.1, -0.05) is 13.8 Å². The number of aromatic nitrogens is 1. The zero-order valence-corrected chi connectivity index (χ0v) is 9.64. The normalized spacial score (nSPS) is 10.1. The first-order valence-corrected chi connectivity index (χ1v) is 5.29. The van der Waals surface area contributed by atoms with Crippen LogP contribution in [0.15, 0.2) is 18.3 Å². The van der Waals surface area contributed by atoms with Crippen LogP contribution in [0.1, 0.15) is 19.4 Å². The number of hydrogen-bond donors (Lipinski definition) is 0. The highest BCUT2D eigenvalue weighted by atomic mass is 16.5. The van der Waals surface area contributed by atoms with E-state index in [2.05, 4.69) is 18.8 Å². The predicted molar refractivity (Wildman–Crippen MR) is 60.1 cm³/mol. The molecule has 4 nitrogen and oxygen atoms in total. The Bertz CT molecular complexity index is 341. The van der Waals surface area contributed by atoms with Gasteiger partial charge in [0, 0.05) is 18.9 Å². The Kier molecular flexibility index (Phi) is 5.30. The minimum atomic E-state index is 0.478. The summed E-state index contributed by atoms with van der Waals surface area (Å²) < 4.78 is 10.7. The Balaban J connectivity index is 2.20. The van der Waals surface area contributed by atoms with Crippen molar-refractivity contribution in [1.82, 2.24) is 4.98 Å². The van der Waals surface area contributed by atoms with Gasteiger partial charge in [-0.3, -0.25) is 0 Å². The maximum Gasteiger partial charge on any atom is 0.213 e. The molecular formula is C12H16N2O2. The number of nitrogens with zero attached hydrogens (tertiary/aromatic N) is 2. The van der Waals surface area contributed by atoms with E-state index >= 15 is 0 Å². The molecule has 0 amide bonds. The average Bonchev–Trinajstić information content (AvgIpc) is 2.29. The molecule has 1 aromatic rings. The lowest BCUT2D eigenvalue weighted by Crippen LogP contribution is -2.10. The summed E-state index contributed by atoms with van der Waals surface area (Å²) in [4.78, 5) is 3.98. The summed E-state index contributed by atoms with van der Waals surface area (Å²) in [5, 5.41) is 8.58. The molecule has 4 heteroatoms.